The van der Waals surface area contributed by atoms with Gasteiger partial charge in [-0.15, -0.1) is 0 Å². The molecule has 1 nitrogen and oxygen atoms in total. The van der Waals surface area contributed by atoms with E-state index in [4.69, 9.17) is 4.74 Å². The van der Waals surface area contributed by atoms with E-state index in [1.807, 2.05) is 0 Å². The van der Waals surface area contributed by atoms with E-state index in [9.17, 15) is 8.78 Å². The predicted octanol–water partition coefficient (Wildman–Crippen LogP) is 2.81. The van der Waals surface area contributed by atoms with Crippen LogP contribution in [0, 0.1) is 18.6 Å². The Bertz CT molecular complexity index is 332. The molecule has 0 saturated heterocycles. The van der Waals surface area contributed by atoms with Crippen molar-refractivity contribution >= 4 is 0 Å². The summed E-state index contributed by atoms with van der Waals surface area (Å²) in [5.41, 5.74) is 0.644. The molecule has 0 radical (unpaired) electrons. The van der Waals surface area contributed by atoms with E-state index in [-0.39, 0.29) is 6.10 Å². The summed E-state index contributed by atoms with van der Waals surface area (Å²) in [7, 11) is 0. The first-order chi connectivity index (χ1) is 6.16. The molecule has 0 heterocycles. The summed E-state index contributed by atoms with van der Waals surface area (Å²) in [5.74, 6) is -1.21. The number of halogens is 2. The Balaban J connectivity index is 2.27. The first-order valence-corrected chi connectivity index (χ1v) is 4.29. The third-order valence-corrected chi connectivity index (χ3v) is 2.04. The molecular formula is C10H10F2O. The Morgan fingerprint density at radius 3 is 2.46 bits per heavy atom. The summed E-state index contributed by atoms with van der Waals surface area (Å²) in [6.45, 7) is 1.71. The minimum Gasteiger partial charge on any atom is -0.490 e. The van der Waals surface area contributed by atoms with Gasteiger partial charge in [-0.2, -0.15) is 0 Å². The van der Waals surface area contributed by atoms with Crippen molar-refractivity contribution in [1.29, 1.82) is 0 Å². The topological polar surface area (TPSA) is 9.23 Å². The third kappa shape index (κ3) is 1.79. The summed E-state index contributed by atoms with van der Waals surface area (Å²) in [5, 5.41) is 0. The minimum atomic E-state index is -0.846. The number of rotatable bonds is 2. The molecule has 1 aliphatic rings. The van der Waals surface area contributed by atoms with Crippen molar-refractivity contribution < 1.29 is 13.5 Å². The van der Waals surface area contributed by atoms with Crippen LogP contribution in [-0.4, -0.2) is 6.10 Å². The molecule has 1 aromatic rings. The van der Waals surface area contributed by atoms with Crippen molar-refractivity contribution in [3.63, 3.8) is 0 Å². The maximum Gasteiger partial charge on any atom is 0.162 e. The van der Waals surface area contributed by atoms with Crippen molar-refractivity contribution in [2.75, 3.05) is 0 Å². The lowest BCUT2D eigenvalue weighted by Gasteiger charge is -2.07. The average molecular weight is 184 g/mol. The largest absolute Gasteiger partial charge is 0.490 e. The molecule has 1 aromatic carbocycles. The fourth-order valence-corrected chi connectivity index (χ4v) is 1.12. The average Bonchev–Trinajstić information content (AvgIpc) is 2.84. The molecule has 0 atom stereocenters. The van der Waals surface area contributed by atoms with E-state index in [0.717, 1.165) is 25.0 Å². The first-order valence-electron chi connectivity index (χ1n) is 4.29. The minimum absolute atomic E-state index is 0.212. The highest BCUT2D eigenvalue weighted by atomic mass is 19.2. The summed E-state index contributed by atoms with van der Waals surface area (Å²) >= 11 is 0. The molecule has 13 heavy (non-hydrogen) atoms. The van der Waals surface area contributed by atoms with Crippen molar-refractivity contribution in [3.8, 4) is 5.75 Å². The second-order valence-corrected chi connectivity index (χ2v) is 3.35. The van der Waals surface area contributed by atoms with Gasteiger partial charge in [0.05, 0.1) is 6.10 Å². The van der Waals surface area contributed by atoms with Crippen molar-refractivity contribution in [1.82, 2.24) is 0 Å². The van der Waals surface area contributed by atoms with Gasteiger partial charge in [-0.05, 0) is 31.4 Å². The Morgan fingerprint density at radius 2 is 1.85 bits per heavy atom. The van der Waals surface area contributed by atoms with Gasteiger partial charge in [0, 0.05) is 6.07 Å². The van der Waals surface area contributed by atoms with E-state index in [0.29, 0.717) is 11.3 Å². The van der Waals surface area contributed by atoms with Gasteiger partial charge in [-0.1, -0.05) is 0 Å². The lowest BCUT2D eigenvalue weighted by atomic mass is 10.2. The monoisotopic (exact) mass is 184 g/mol. The molecule has 70 valence electrons. The van der Waals surface area contributed by atoms with Crippen LogP contribution in [0.2, 0.25) is 0 Å². The highest BCUT2D eigenvalue weighted by Crippen LogP contribution is 2.29. The molecule has 3 heteroatoms. The molecule has 0 unspecified atom stereocenters. The second kappa shape index (κ2) is 2.98. The summed E-state index contributed by atoms with van der Waals surface area (Å²) < 4.78 is 30.8. The Labute approximate surface area is 75.3 Å². The molecule has 0 spiro atoms. The highest BCUT2D eigenvalue weighted by molar-refractivity contribution is 5.34. The number of hydrogen-bond donors (Lipinski definition) is 0. The molecule has 0 aromatic heterocycles. The molecule has 1 fully saturated rings. The zero-order valence-electron chi connectivity index (χ0n) is 7.31. The lowest BCUT2D eigenvalue weighted by Crippen LogP contribution is -1.99. The predicted molar refractivity (Wildman–Crippen MR) is 44.7 cm³/mol. The lowest BCUT2D eigenvalue weighted by molar-refractivity contribution is 0.298. The van der Waals surface area contributed by atoms with E-state index in [1.165, 1.54) is 0 Å². The van der Waals surface area contributed by atoms with Crippen LogP contribution in [0.25, 0.3) is 0 Å². The normalized spacial score (nSPS) is 15.9. The molecule has 1 aliphatic carbocycles. The van der Waals surface area contributed by atoms with E-state index in [1.54, 1.807) is 6.92 Å². The first kappa shape index (κ1) is 8.48. The van der Waals surface area contributed by atoms with Crippen LogP contribution in [0.4, 0.5) is 8.78 Å². The SMILES string of the molecule is Cc1cc(F)c(F)cc1OC1CC1. The molecule has 0 bridgehead atoms. The van der Waals surface area contributed by atoms with Gasteiger partial charge in [-0.25, -0.2) is 8.78 Å². The van der Waals surface area contributed by atoms with Crippen LogP contribution in [0.3, 0.4) is 0 Å². The van der Waals surface area contributed by atoms with Crippen molar-refractivity contribution in [3.05, 3.63) is 29.3 Å². The van der Waals surface area contributed by atoms with E-state index in [2.05, 4.69) is 0 Å². The van der Waals surface area contributed by atoms with Gasteiger partial charge < -0.3 is 4.74 Å². The maximum atomic E-state index is 12.8. The summed E-state index contributed by atoms with van der Waals surface area (Å²) in [6.07, 6.45) is 2.24. The van der Waals surface area contributed by atoms with Crippen molar-refractivity contribution in [2.45, 2.75) is 25.9 Å². The van der Waals surface area contributed by atoms with Crippen LogP contribution in [0.15, 0.2) is 12.1 Å². The second-order valence-electron chi connectivity index (χ2n) is 3.35. The van der Waals surface area contributed by atoms with Crippen LogP contribution < -0.4 is 4.74 Å². The van der Waals surface area contributed by atoms with Gasteiger partial charge >= 0.3 is 0 Å². The molecular weight excluding hydrogens is 174 g/mol. The fourth-order valence-electron chi connectivity index (χ4n) is 1.12. The number of benzene rings is 1. The van der Waals surface area contributed by atoms with Crippen LogP contribution in [0.1, 0.15) is 18.4 Å². The fraction of sp³-hybridized carbons (Fsp3) is 0.400. The van der Waals surface area contributed by atoms with Crippen LogP contribution >= 0.6 is 0 Å². The van der Waals surface area contributed by atoms with Crippen molar-refractivity contribution in [2.24, 2.45) is 0 Å². The van der Waals surface area contributed by atoms with E-state index < -0.39 is 11.6 Å². The Kier molecular flexibility index (Phi) is 1.94. The molecule has 2 rings (SSSR count). The number of ether oxygens (including phenoxy) is 1. The highest BCUT2D eigenvalue weighted by Gasteiger charge is 2.24. The van der Waals surface area contributed by atoms with Crippen LogP contribution in [0.5, 0.6) is 5.75 Å². The summed E-state index contributed by atoms with van der Waals surface area (Å²) in [4.78, 5) is 0. The van der Waals surface area contributed by atoms with Crippen LogP contribution in [-0.2, 0) is 0 Å². The third-order valence-electron chi connectivity index (χ3n) is 2.04. The molecule has 0 N–H and O–H groups in total. The van der Waals surface area contributed by atoms with E-state index >= 15 is 0 Å². The van der Waals surface area contributed by atoms with Gasteiger partial charge in [0.1, 0.15) is 5.75 Å². The van der Waals surface area contributed by atoms with Gasteiger partial charge in [0.25, 0.3) is 0 Å². The Morgan fingerprint density at radius 1 is 1.23 bits per heavy atom. The maximum absolute atomic E-state index is 12.8. The molecule has 1 saturated carbocycles. The zero-order chi connectivity index (χ0) is 9.42. The molecule has 0 aliphatic heterocycles. The molecule has 0 amide bonds. The van der Waals surface area contributed by atoms with Gasteiger partial charge in [0.2, 0.25) is 0 Å². The van der Waals surface area contributed by atoms with Gasteiger partial charge in [0.15, 0.2) is 11.6 Å². The smallest absolute Gasteiger partial charge is 0.162 e. The standard InChI is InChI=1S/C10H10F2O/c1-6-4-8(11)9(12)5-10(6)13-7-2-3-7/h4-5,7H,2-3H2,1H3. The Hall–Kier alpha value is -1.12. The van der Waals surface area contributed by atoms with Gasteiger partial charge in [-0.3, -0.25) is 0 Å². The summed E-state index contributed by atoms with van der Waals surface area (Å²) in [6, 6.07) is 2.27. The number of hydrogen-bond acceptors (Lipinski definition) is 1. The zero-order valence-corrected chi connectivity index (χ0v) is 7.31. The number of aryl methyl sites for hydroxylation is 1. The quantitative estimate of drug-likeness (QED) is 0.686.